The van der Waals surface area contributed by atoms with Gasteiger partial charge in [-0.25, -0.2) is 14.6 Å². The van der Waals surface area contributed by atoms with Crippen LogP contribution in [-0.2, 0) is 43.2 Å². The number of nitrogens with one attached hydrogen (secondary N) is 2. The third kappa shape index (κ3) is 13.8. The Balaban J connectivity index is 0.000000193. The van der Waals surface area contributed by atoms with E-state index in [-0.39, 0.29) is 69.6 Å². The number of benzene rings is 5. The number of carbonyl (C=O) groups excluding carboxylic acids is 4. The van der Waals surface area contributed by atoms with E-state index in [1.54, 1.807) is 29.3 Å². The highest BCUT2D eigenvalue weighted by atomic mass is 16.6. The van der Waals surface area contributed by atoms with Gasteiger partial charge in [0, 0.05) is 103 Å². The van der Waals surface area contributed by atoms with Crippen molar-refractivity contribution in [1.29, 1.82) is 0 Å². The molecule has 450 valence electrons. The van der Waals surface area contributed by atoms with Crippen LogP contribution in [0.5, 0.6) is 0 Å². The van der Waals surface area contributed by atoms with Crippen molar-refractivity contribution in [3.8, 4) is 11.3 Å². The van der Waals surface area contributed by atoms with Gasteiger partial charge in [0.1, 0.15) is 23.5 Å². The van der Waals surface area contributed by atoms with E-state index in [1.165, 1.54) is 19.1 Å². The van der Waals surface area contributed by atoms with Crippen LogP contribution in [-0.4, -0.2) is 203 Å². The van der Waals surface area contributed by atoms with E-state index in [1.807, 2.05) is 142 Å². The average Bonchev–Trinajstić information content (AvgIpc) is 1.90. The molecule has 11 rings (SSSR count). The number of nitrogens with zero attached hydrogens (tertiary/aromatic N) is 8. The molecule has 5 aliphatic heterocycles. The molecule has 4 saturated heterocycles. The fourth-order valence-electron chi connectivity index (χ4n) is 12.2. The van der Waals surface area contributed by atoms with Crippen LogP contribution in [0.1, 0.15) is 51.6 Å². The van der Waals surface area contributed by atoms with Crippen molar-refractivity contribution in [2.45, 2.75) is 61.6 Å². The molecule has 4 fully saturated rings. The Bertz CT molecular complexity index is 3370. The average molecular weight is 1170 g/mol. The summed E-state index contributed by atoms with van der Waals surface area (Å²) >= 11 is 0. The molecule has 1 aromatic heterocycles. The van der Waals surface area contributed by atoms with Crippen LogP contribution < -0.4 is 10.6 Å². The highest BCUT2D eigenvalue weighted by Crippen LogP contribution is 2.38. The molecule has 0 aliphatic carbocycles. The molecule has 3 unspecified atom stereocenters. The highest BCUT2D eigenvalue weighted by molar-refractivity contribution is 6.06. The first kappa shape index (κ1) is 60.7. The van der Waals surface area contributed by atoms with E-state index in [4.69, 9.17) is 23.9 Å². The van der Waals surface area contributed by atoms with E-state index < -0.39 is 29.4 Å². The molecule has 0 spiro atoms. The van der Waals surface area contributed by atoms with Gasteiger partial charge in [0.15, 0.2) is 11.4 Å². The van der Waals surface area contributed by atoms with Gasteiger partial charge in [-0.05, 0) is 40.9 Å². The minimum absolute atomic E-state index is 0.0317. The number of methoxy groups -OCH3 is 3. The molecular weight excluding hydrogens is 1090 g/mol. The Labute approximate surface area is 502 Å². The molecule has 4 amide bonds. The van der Waals surface area contributed by atoms with Crippen molar-refractivity contribution >= 4 is 41.7 Å². The van der Waals surface area contributed by atoms with Gasteiger partial charge in [0.2, 0.25) is 0 Å². The predicted molar refractivity (Wildman–Crippen MR) is 325 cm³/mol. The maximum absolute atomic E-state index is 14.4. The lowest BCUT2D eigenvalue weighted by Crippen LogP contribution is -2.59. The lowest BCUT2D eigenvalue weighted by molar-refractivity contribution is -0.296. The second-order valence-corrected chi connectivity index (χ2v) is 22.3. The number of carbonyl (C=O) groups is 4. The molecular formula is C66H77N10O10+. The van der Waals surface area contributed by atoms with Crippen molar-refractivity contribution in [3.63, 3.8) is 0 Å². The van der Waals surface area contributed by atoms with Crippen molar-refractivity contribution in [2.24, 2.45) is 4.99 Å². The zero-order valence-electron chi connectivity index (χ0n) is 49.1. The van der Waals surface area contributed by atoms with Crippen molar-refractivity contribution in [2.75, 3.05) is 100.0 Å². The molecule has 5 atom stereocenters. The van der Waals surface area contributed by atoms with Gasteiger partial charge in [0.25, 0.3) is 17.9 Å². The number of ether oxygens (including phenoxy) is 4. The summed E-state index contributed by atoms with van der Waals surface area (Å²) in [7, 11) is 4.41. The van der Waals surface area contributed by atoms with Gasteiger partial charge >= 0.3 is 18.1 Å². The molecule has 5 aromatic carbocycles. The lowest BCUT2D eigenvalue weighted by Gasteiger charge is -2.44. The van der Waals surface area contributed by atoms with E-state index in [0.717, 1.165) is 40.7 Å². The van der Waals surface area contributed by atoms with Crippen LogP contribution in [0.3, 0.4) is 0 Å². The zero-order valence-corrected chi connectivity index (χ0v) is 49.1. The molecule has 6 heterocycles. The molecule has 0 radical (unpaired) electrons. The zero-order chi connectivity index (χ0) is 60.0. The van der Waals surface area contributed by atoms with Gasteiger partial charge in [-0.15, -0.1) is 0 Å². The van der Waals surface area contributed by atoms with Crippen molar-refractivity contribution in [3.05, 3.63) is 192 Å². The van der Waals surface area contributed by atoms with Gasteiger partial charge in [-0.2, -0.15) is 4.58 Å². The highest BCUT2D eigenvalue weighted by Gasteiger charge is 2.49. The van der Waals surface area contributed by atoms with Gasteiger partial charge in [-0.1, -0.05) is 152 Å². The maximum Gasteiger partial charge on any atom is 0.410 e. The summed E-state index contributed by atoms with van der Waals surface area (Å²) in [5.74, 6) is -0.332. The number of piperazine rings is 2. The Morgan fingerprint density at radius 1 is 0.628 bits per heavy atom. The minimum Gasteiger partial charge on any atom is -0.453 e. The predicted octanol–water partition coefficient (Wildman–Crippen LogP) is 5.91. The summed E-state index contributed by atoms with van der Waals surface area (Å²) in [4.78, 5) is 70.7. The maximum atomic E-state index is 14.4. The summed E-state index contributed by atoms with van der Waals surface area (Å²) in [5.41, 5.74) is 4.38. The molecule has 5 aliphatic rings. The number of aliphatic imine (C=N–C) groups is 1. The van der Waals surface area contributed by atoms with Crippen LogP contribution in [0.15, 0.2) is 169 Å². The number of piperidine rings is 2. The largest absolute Gasteiger partial charge is 0.453 e. The summed E-state index contributed by atoms with van der Waals surface area (Å²) in [5, 5.41) is 30.6. The molecule has 4 N–H and O–H groups in total. The third-order valence-electron chi connectivity index (χ3n) is 16.7. The first-order valence-electron chi connectivity index (χ1n) is 29.4. The van der Waals surface area contributed by atoms with Gasteiger partial charge in [0.05, 0.1) is 44.9 Å². The second kappa shape index (κ2) is 28.2. The summed E-state index contributed by atoms with van der Waals surface area (Å²) in [6.07, 6.45) is 4.19. The minimum atomic E-state index is -1.37. The number of imidazole rings is 1. The Morgan fingerprint density at radius 3 is 1.73 bits per heavy atom. The number of aliphatic hydroxyl groups is 2. The molecule has 20 nitrogen and oxygen atoms in total. The first-order chi connectivity index (χ1) is 41.9. The molecule has 0 bridgehead atoms. The van der Waals surface area contributed by atoms with E-state index in [2.05, 4.69) is 39.9 Å². The Morgan fingerprint density at radius 2 is 1.16 bits per heavy atom. The smallest absolute Gasteiger partial charge is 0.410 e. The molecule has 86 heavy (non-hydrogen) atoms. The van der Waals surface area contributed by atoms with Crippen LogP contribution in [0.4, 0.5) is 9.59 Å². The number of hydrogen-bond donors (Lipinski definition) is 4. The van der Waals surface area contributed by atoms with Crippen molar-refractivity contribution in [1.82, 2.24) is 39.8 Å². The molecule has 20 heteroatoms. The van der Waals surface area contributed by atoms with Gasteiger partial charge in [-0.3, -0.25) is 9.59 Å². The van der Waals surface area contributed by atoms with Gasteiger partial charge < -0.3 is 64.0 Å². The quantitative estimate of drug-likeness (QED) is 0.0882. The third-order valence-corrected chi connectivity index (χ3v) is 16.7. The van der Waals surface area contributed by atoms with Crippen LogP contribution >= 0.6 is 0 Å². The summed E-state index contributed by atoms with van der Waals surface area (Å²) in [6.45, 7) is 4.94. The number of aromatic nitrogens is 2. The fraction of sp³-hybridized carbons (Fsp3) is 0.379. The number of likely N-dealkylation sites (tertiary alicyclic amines) is 2. The van der Waals surface area contributed by atoms with E-state index in [9.17, 15) is 29.4 Å². The Kier molecular flexibility index (Phi) is 19.9. The standard InChI is InChI=1S/C36H41N5O5.C30H36N5O5/c1-45-25-36(44)17-19-39(35(43)46-24-28-13-7-3-8-14-28)23-31(36)41-26-38-32(33(41)29-15-9-4-10-16-29)34(42)40-20-18-37-22-30(40)21-27-11-5-2-6-12-27;1-39-20-30(38)13-15-33(29(37)40-2)19-25(30)35-21-32-26(27(35)23-11-7-4-8-12-23)28(36)34-16-14-31-18-24(34)17-22-9-5-3-6-10-22/h2-16,26,30-31,37,44H,17-25H2,1H3;3-12,21,24,31,38H,13-20H2,1-2H3/q;+1/t30-,31?,36?;24-,30?/m11/s1. The molecule has 0 saturated carbocycles. The summed E-state index contributed by atoms with van der Waals surface area (Å²) < 4.78 is 25.1. The van der Waals surface area contributed by atoms with Crippen LogP contribution in [0.25, 0.3) is 17.0 Å². The van der Waals surface area contributed by atoms with E-state index >= 15 is 0 Å². The van der Waals surface area contributed by atoms with E-state index in [0.29, 0.717) is 80.9 Å². The van der Waals surface area contributed by atoms with Crippen molar-refractivity contribution < 1.29 is 52.9 Å². The monoisotopic (exact) mass is 1170 g/mol. The van der Waals surface area contributed by atoms with Crippen LogP contribution in [0, 0.1) is 0 Å². The molecule has 6 aromatic rings. The lowest BCUT2D eigenvalue weighted by atomic mass is 9.86. The second-order valence-electron chi connectivity index (χ2n) is 22.3. The number of amides is 4. The number of rotatable bonds is 15. The summed E-state index contributed by atoms with van der Waals surface area (Å²) in [6, 6.07) is 48.3. The topological polar surface area (TPSA) is 216 Å². The fourth-order valence-corrected chi connectivity index (χ4v) is 12.2. The first-order valence-corrected chi connectivity index (χ1v) is 29.4. The SMILES string of the molecule is COCC1(O)CCN(C(=O)OC)CC1=[N+]1C=NC(C(=O)N2CCNC[C@H]2Cc2ccccc2)=C1c1ccccc1.COCC1(O)CCN(C(=O)OCc2ccccc2)CC1n1cnc(C(=O)N2CCNC[C@H]2Cc2ccccc2)c1-c1ccccc1. The normalized spacial score (nSPS) is 23.2. The van der Waals surface area contributed by atoms with Crippen LogP contribution in [0.2, 0.25) is 0 Å². The number of hydrogen-bond acceptors (Lipinski definition) is 14. The Hall–Kier alpha value is -8.37.